The van der Waals surface area contributed by atoms with Gasteiger partial charge in [-0.1, -0.05) is 26.0 Å². The third-order valence-electron chi connectivity index (χ3n) is 2.24. The van der Waals surface area contributed by atoms with E-state index in [4.69, 9.17) is 0 Å². The number of halogens is 1. The van der Waals surface area contributed by atoms with Gasteiger partial charge in [-0.3, -0.25) is 0 Å². The molecule has 1 heteroatoms. The monoisotopic (exact) mass is 180 g/mol. The molecule has 1 aromatic rings. The third kappa shape index (κ3) is 2.55. The largest absolute Gasteiger partial charge is 0.207 e. The van der Waals surface area contributed by atoms with Gasteiger partial charge in [0.1, 0.15) is 5.82 Å². The minimum Gasteiger partial charge on any atom is -0.207 e. The van der Waals surface area contributed by atoms with Crippen molar-refractivity contribution < 1.29 is 4.39 Å². The number of hydrogen-bond donors (Lipinski definition) is 0. The summed E-state index contributed by atoms with van der Waals surface area (Å²) in [6.45, 7) is 5.80. The van der Waals surface area contributed by atoms with Gasteiger partial charge in [0, 0.05) is 0 Å². The molecule has 0 aliphatic heterocycles. The van der Waals surface area contributed by atoms with Crippen LogP contribution in [0.1, 0.15) is 43.7 Å². The van der Waals surface area contributed by atoms with Crippen molar-refractivity contribution in [1.82, 2.24) is 0 Å². The first-order chi connectivity index (χ1) is 6.27. The molecule has 0 amide bonds. The Morgan fingerprint density at radius 1 is 1.23 bits per heavy atom. The van der Waals surface area contributed by atoms with E-state index >= 15 is 0 Å². The van der Waals surface area contributed by atoms with E-state index in [2.05, 4.69) is 0 Å². The molecule has 1 saturated carbocycles. The smallest absolute Gasteiger partial charge is 0.126 e. The third-order valence-corrected chi connectivity index (χ3v) is 2.24. The van der Waals surface area contributed by atoms with Crippen LogP contribution in [-0.4, -0.2) is 0 Å². The van der Waals surface area contributed by atoms with Gasteiger partial charge in [0.2, 0.25) is 0 Å². The Labute approximate surface area is 79.8 Å². The Balaban J connectivity index is 0.000000396. The van der Waals surface area contributed by atoms with E-state index in [1.54, 1.807) is 13.0 Å². The zero-order chi connectivity index (χ0) is 9.84. The molecule has 13 heavy (non-hydrogen) atoms. The Bertz CT molecular complexity index is 274. The first-order valence-corrected chi connectivity index (χ1v) is 5.03. The molecule has 0 unspecified atom stereocenters. The van der Waals surface area contributed by atoms with E-state index < -0.39 is 0 Å². The summed E-state index contributed by atoms with van der Waals surface area (Å²) in [6.07, 6.45) is 2.48. The summed E-state index contributed by atoms with van der Waals surface area (Å²) in [7, 11) is 0. The zero-order valence-corrected chi connectivity index (χ0v) is 8.60. The van der Waals surface area contributed by atoms with Crippen LogP contribution in [0.5, 0.6) is 0 Å². The maximum atomic E-state index is 13.0. The second-order valence-electron chi connectivity index (χ2n) is 3.28. The fourth-order valence-electron chi connectivity index (χ4n) is 1.28. The van der Waals surface area contributed by atoms with Crippen LogP contribution in [0.4, 0.5) is 4.39 Å². The molecule has 72 valence electrons. The van der Waals surface area contributed by atoms with Crippen molar-refractivity contribution in [1.29, 1.82) is 0 Å². The highest BCUT2D eigenvalue weighted by molar-refractivity contribution is 5.28. The highest BCUT2D eigenvalue weighted by atomic mass is 19.1. The van der Waals surface area contributed by atoms with Crippen LogP contribution in [-0.2, 0) is 0 Å². The Morgan fingerprint density at radius 3 is 2.31 bits per heavy atom. The topological polar surface area (TPSA) is 0 Å². The molecular formula is C12H17F. The van der Waals surface area contributed by atoms with E-state index in [-0.39, 0.29) is 5.82 Å². The maximum absolute atomic E-state index is 13.0. The number of hydrogen-bond acceptors (Lipinski definition) is 0. The number of aryl methyl sites for hydroxylation is 1. The van der Waals surface area contributed by atoms with Crippen LogP contribution in [0.3, 0.4) is 0 Å². The molecule has 0 heterocycles. The van der Waals surface area contributed by atoms with E-state index in [1.165, 1.54) is 18.4 Å². The predicted octanol–water partition coefficient (Wildman–Crippen LogP) is 4.04. The average molecular weight is 180 g/mol. The molecule has 0 aromatic heterocycles. The first kappa shape index (κ1) is 10.2. The molecule has 2 rings (SSSR count). The lowest BCUT2D eigenvalue weighted by atomic mass is 10.1. The van der Waals surface area contributed by atoms with Crippen LogP contribution in [0.15, 0.2) is 18.2 Å². The van der Waals surface area contributed by atoms with Crippen molar-refractivity contribution in [2.45, 2.75) is 39.5 Å². The molecule has 1 aliphatic carbocycles. The Kier molecular flexibility index (Phi) is 3.47. The fraction of sp³-hybridized carbons (Fsp3) is 0.500. The Morgan fingerprint density at radius 2 is 1.85 bits per heavy atom. The molecule has 0 atom stereocenters. The summed E-state index contributed by atoms with van der Waals surface area (Å²) < 4.78 is 13.0. The summed E-state index contributed by atoms with van der Waals surface area (Å²) in [4.78, 5) is 0. The van der Waals surface area contributed by atoms with Crippen LogP contribution in [0.2, 0.25) is 0 Å². The molecule has 0 saturated heterocycles. The van der Waals surface area contributed by atoms with Crippen molar-refractivity contribution in [3.8, 4) is 0 Å². The lowest BCUT2D eigenvalue weighted by molar-refractivity contribution is 0.616. The lowest BCUT2D eigenvalue weighted by Crippen LogP contribution is -1.85. The standard InChI is InChI=1S/C10H11F.C2H6/c1-7-2-3-9(6-10(7)11)8-4-5-8;1-2/h2-3,6,8H,4-5H2,1H3;1-2H3. The van der Waals surface area contributed by atoms with Crippen molar-refractivity contribution in [2.24, 2.45) is 0 Å². The summed E-state index contributed by atoms with van der Waals surface area (Å²) >= 11 is 0. The van der Waals surface area contributed by atoms with Crippen molar-refractivity contribution in [3.63, 3.8) is 0 Å². The summed E-state index contributed by atoms with van der Waals surface area (Å²) in [5, 5.41) is 0. The highest BCUT2D eigenvalue weighted by Gasteiger charge is 2.23. The van der Waals surface area contributed by atoms with Crippen molar-refractivity contribution in [2.75, 3.05) is 0 Å². The van der Waals surface area contributed by atoms with Crippen molar-refractivity contribution >= 4 is 0 Å². The molecule has 0 N–H and O–H groups in total. The van der Waals surface area contributed by atoms with Crippen LogP contribution in [0, 0.1) is 12.7 Å². The van der Waals surface area contributed by atoms with E-state index in [9.17, 15) is 4.39 Å². The second-order valence-corrected chi connectivity index (χ2v) is 3.28. The van der Waals surface area contributed by atoms with Gasteiger partial charge in [0.25, 0.3) is 0 Å². The minimum absolute atomic E-state index is 0.0607. The SMILES string of the molecule is CC.Cc1ccc(C2CC2)cc1F. The molecule has 0 nitrogen and oxygen atoms in total. The molecule has 1 aromatic carbocycles. The van der Waals surface area contributed by atoms with E-state index in [1.807, 2.05) is 26.0 Å². The second kappa shape index (κ2) is 4.40. The summed E-state index contributed by atoms with van der Waals surface area (Å²) in [6, 6.07) is 5.58. The average Bonchev–Trinajstić information content (AvgIpc) is 2.96. The van der Waals surface area contributed by atoms with E-state index in [0.717, 1.165) is 5.56 Å². The predicted molar refractivity (Wildman–Crippen MR) is 54.5 cm³/mol. The first-order valence-electron chi connectivity index (χ1n) is 5.03. The number of benzene rings is 1. The number of rotatable bonds is 1. The van der Waals surface area contributed by atoms with Crippen LogP contribution in [0.25, 0.3) is 0 Å². The zero-order valence-electron chi connectivity index (χ0n) is 8.60. The molecule has 0 spiro atoms. The fourth-order valence-corrected chi connectivity index (χ4v) is 1.28. The quantitative estimate of drug-likeness (QED) is 0.612. The molecular weight excluding hydrogens is 163 g/mol. The van der Waals surface area contributed by atoms with Gasteiger partial charge >= 0.3 is 0 Å². The minimum atomic E-state index is -0.0607. The van der Waals surface area contributed by atoms with Gasteiger partial charge in [-0.2, -0.15) is 0 Å². The van der Waals surface area contributed by atoms with Gasteiger partial charge < -0.3 is 0 Å². The summed E-state index contributed by atoms with van der Waals surface area (Å²) in [5.74, 6) is 0.597. The molecule has 0 radical (unpaired) electrons. The normalized spacial score (nSPS) is 14.8. The Hall–Kier alpha value is -0.850. The van der Waals surface area contributed by atoms with Gasteiger partial charge in [-0.25, -0.2) is 4.39 Å². The molecule has 0 bridgehead atoms. The molecule has 1 fully saturated rings. The van der Waals surface area contributed by atoms with Gasteiger partial charge in [0.15, 0.2) is 0 Å². The maximum Gasteiger partial charge on any atom is 0.126 e. The van der Waals surface area contributed by atoms with Gasteiger partial charge in [-0.05, 0) is 42.9 Å². The highest BCUT2D eigenvalue weighted by Crippen LogP contribution is 2.40. The van der Waals surface area contributed by atoms with Gasteiger partial charge in [-0.15, -0.1) is 0 Å². The van der Waals surface area contributed by atoms with Crippen LogP contribution < -0.4 is 0 Å². The lowest BCUT2D eigenvalue weighted by Gasteiger charge is -1.99. The van der Waals surface area contributed by atoms with E-state index in [0.29, 0.717) is 5.92 Å². The van der Waals surface area contributed by atoms with Crippen molar-refractivity contribution in [3.05, 3.63) is 35.1 Å². The summed E-state index contributed by atoms with van der Waals surface area (Å²) in [5.41, 5.74) is 1.92. The van der Waals surface area contributed by atoms with Crippen LogP contribution >= 0.6 is 0 Å². The molecule has 1 aliphatic rings. The van der Waals surface area contributed by atoms with Gasteiger partial charge in [0.05, 0.1) is 0 Å².